The van der Waals surface area contributed by atoms with Crippen LogP contribution in [0.5, 0.6) is 11.5 Å². The van der Waals surface area contributed by atoms with E-state index in [1.165, 1.54) is 30.3 Å². The molecular formula is C32H23Cl3F3N5O4. The molecule has 1 N–H and O–H groups in total. The van der Waals surface area contributed by atoms with Gasteiger partial charge in [-0.25, -0.2) is 9.50 Å². The van der Waals surface area contributed by atoms with E-state index in [4.69, 9.17) is 39.5 Å². The lowest BCUT2D eigenvalue weighted by Gasteiger charge is -2.24. The Bertz CT molecular complexity index is 2030. The number of nitro benzene ring substituents is 1. The Morgan fingerprint density at radius 1 is 0.957 bits per heavy atom. The molecule has 0 radical (unpaired) electrons. The Morgan fingerprint density at radius 3 is 2.43 bits per heavy atom. The Balaban J connectivity index is 1.33. The molecule has 242 valence electrons. The fourth-order valence-electron chi connectivity index (χ4n) is 5.58. The van der Waals surface area contributed by atoms with Gasteiger partial charge < -0.3 is 10.1 Å². The molecule has 2 heterocycles. The lowest BCUT2D eigenvalue weighted by molar-refractivity contribution is -0.384. The van der Waals surface area contributed by atoms with Crippen molar-refractivity contribution in [2.75, 3.05) is 5.32 Å². The normalized spacial score (nSPS) is 13.9. The molecule has 5 aromatic rings. The van der Waals surface area contributed by atoms with Gasteiger partial charge in [0, 0.05) is 28.8 Å². The van der Waals surface area contributed by atoms with Crippen molar-refractivity contribution >= 4 is 57.7 Å². The predicted octanol–water partition coefficient (Wildman–Crippen LogP) is 10.4. The van der Waals surface area contributed by atoms with Crippen LogP contribution in [-0.4, -0.2) is 25.4 Å². The van der Waals surface area contributed by atoms with Crippen molar-refractivity contribution in [2.24, 2.45) is 0 Å². The van der Waals surface area contributed by atoms with Crippen LogP contribution in [0.15, 0.2) is 66.7 Å². The van der Waals surface area contributed by atoms with Crippen LogP contribution in [0.1, 0.15) is 59.8 Å². The summed E-state index contributed by atoms with van der Waals surface area (Å²) in [6.45, 7) is 0. The molecule has 2 aromatic heterocycles. The second-order valence-electron chi connectivity index (χ2n) is 11.0. The summed E-state index contributed by atoms with van der Waals surface area (Å²) in [6, 6.07) is 15.0. The molecule has 6 rings (SSSR count). The van der Waals surface area contributed by atoms with E-state index in [1.807, 2.05) is 6.07 Å². The fourth-order valence-corrected chi connectivity index (χ4v) is 6.06. The fraction of sp³-hybridized carbons (Fsp3) is 0.219. The average molecular weight is 705 g/mol. The summed E-state index contributed by atoms with van der Waals surface area (Å²) in [5.74, 6) is -0.183. The van der Waals surface area contributed by atoms with Crippen LogP contribution in [0.2, 0.25) is 15.1 Å². The maximum Gasteiger partial charge on any atom is 0.433 e. The molecule has 0 saturated heterocycles. The average Bonchev–Trinajstić information content (AvgIpc) is 3.47. The summed E-state index contributed by atoms with van der Waals surface area (Å²) in [7, 11) is 0. The molecule has 0 aliphatic heterocycles. The van der Waals surface area contributed by atoms with Gasteiger partial charge in [0.15, 0.2) is 17.0 Å². The Kier molecular flexibility index (Phi) is 9.01. The third-order valence-corrected chi connectivity index (χ3v) is 8.74. The minimum absolute atomic E-state index is 0.0371. The van der Waals surface area contributed by atoms with Gasteiger partial charge in [-0.1, -0.05) is 60.1 Å². The lowest BCUT2D eigenvalue weighted by atomic mass is 9.84. The van der Waals surface area contributed by atoms with Gasteiger partial charge in [0.2, 0.25) is 0 Å². The van der Waals surface area contributed by atoms with E-state index < -0.39 is 28.4 Å². The maximum atomic E-state index is 14.1. The molecule has 1 saturated carbocycles. The number of fused-ring (bicyclic) bond motifs is 1. The summed E-state index contributed by atoms with van der Waals surface area (Å²) in [5, 5.41) is 19.0. The van der Waals surface area contributed by atoms with E-state index in [2.05, 4.69) is 15.4 Å². The standard InChI is InChI=1S/C32H23Cl3F3N5O4/c33-19-7-9-28(23(11-19)17-4-2-1-3-5-17)47-22-13-20(12-21(14-22)43(45)46)39-31(44)27-16-30-40-26(18-6-8-24(34)25(35)10-18)15-29(32(36,37)38)42(30)41-27/h6-17H,1-5H2,(H,39,44). The van der Waals surface area contributed by atoms with Crippen molar-refractivity contribution < 1.29 is 27.6 Å². The molecule has 3 aromatic carbocycles. The number of nitro groups is 1. The number of aromatic nitrogens is 3. The molecule has 47 heavy (non-hydrogen) atoms. The molecule has 0 spiro atoms. The molecule has 15 heteroatoms. The summed E-state index contributed by atoms with van der Waals surface area (Å²) in [5.41, 5.74) is -1.23. The highest BCUT2D eigenvalue weighted by molar-refractivity contribution is 6.42. The quantitative estimate of drug-likeness (QED) is 0.133. The van der Waals surface area contributed by atoms with Crippen molar-refractivity contribution in [3.63, 3.8) is 0 Å². The van der Waals surface area contributed by atoms with E-state index >= 15 is 0 Å². The number of amides is 1. The van der Waals surface area contributed by atoms with Crippen molar-refractivity contribution in [3.8, 4) is 22.8 Å². The third kappa shape index (κ3) is 7.14. The number of nitrogens with one attached hydrogen (secondary N) is 1. The van der Waals surface area contributed by atoms with Gasteiger partial charge >= 0.3 is 6.18 Å². The Labute approximate surface area is 280 Å². The first-order chi connectivity index (χ1) is 22.4. The molecule has 0 unspecified atom stereocenters. The summed E-state index contributed by atoms with van der Waals surface area (Å²) in [6.07, 6.45) is 0.292. The van der Waals surface area contributed by atoms with E-state index in [0.717, 1.165) is 55.9 Å². The van der Waals surface area contributed by atoms with Crippen molar-refractivity contribution in [3.05, 3.63) is 109 Å². The largest absolute Gasteiger partial charge is 0.457 e. The van der Waals surface area contributed by atoms with E-state index in [0.29, 0.717) is 15.3 Å². The van der Waals surface area contributed by atoms with Gasteiger partial charge in [-0.2, -0.15) is 18.3 Å². The zero-order valence-corrected chi connectivity index (χ0v) is 26.4. The zero-order chi connectivity index (χ0) is 33.5. The highest BCUT2D eigenvalue weighted by Crippen LogP contribution is 2.41. The number of anilines is 1. The van der Waals surface area contributed by atoms with Gasteiger partial charge in [0.1, 0.15) is 11.5 Å². The lowest BCUT2D eigenvalue weighted by Crippen LogP contribution is -2.16. The number of alkyl halides is 3. The topological polar surface area (TPSA) is 112 Å². The SMILES string of the molecule is O=C(Nc1cc(Oc2ccc(Cl)cc2C2CCCCC2)cc([N+](=O)[O-])c1)c1cc2nc(-c3ccc(Cl)c(Cl)c3)cc(C(F)(F)F)n2n1. The number of nitrogens with zero attached hydrogens (tertiary/aromatic N) is 4. The van der Waals surface area contributed by atoms with Crippen LogP contribution in [0.4, 0.5) is 24.5 Å². The molecule has 1 fully saturated rings. The first kappa shape index (κ1) is 32.5. The molecule has 1 aliphatic carbocycles. The number of carbonyl (C=O) groups excluding carboxylic acids is 1. The van der Waals surface area contributed by atoms with Crippen LogP contribution in [0.3, 0.4) is 0 Å². The number of hydrogen-bond acceptors (Lipinski definition) is 6. The number of hydrogen-bond donors (Lipinski definition) is 1. The van der Waals surface area contributed by atoms with E-state index in [1.54, 1.807) is 12.1 Å². The van der Waals surface area contributed by atoms with Gasteiger partial charge in [0.25, 0.3) is 11.6 Å². The van der Waals surface area contributed by atoms with Crippen LogP contribution in [0.25, 0.3) is 16.9 Å². The smallest absolute Gasteiger partial charge is 0.433 e. The zero-order valence-electron chi connectivity index (χ0n) is 24.2. The summed E-state index contributed by atoms with van der Waals surface area (Å²) < 4.78 is 48.9. The first-order valence-electron chi connectivity index (χ1n) is 14.4. The minimum atomic E-state index is -4.86. The second-order valence-corrected chi connectivity index (χ2v) is 12.2. The molecule has 1 aliphatic rings. The molecule has 1 amide bonds. The van der Waals surface area contributed by atoms with Crippen molar-refractivity contribution in [1.82, 2.24) is 14.6 Å². The van der Waals surface area contributed by atoms with E-state index in [-0.39, 0.29) is 50.0 Å². The highest BCUT2D eigenvalue weighted by Gasteiger charge is 2.36. The van der Waals surface area contributed by atoms with Crippen molar-refractivity contribution in [2.45, 2.75) is 44.2 Å². The number of ether oxygens (including phenoxy) is 1. The number of benzene rings is 3. The molecular weight excluding hydrogens is 682 g/mol. The van der Waals surface area contributed by atoms with Crippen LogP contribution >= 0.6 is 34.8 Å². The van der Waals surface area contributed by atoms with Gasteiger partial charge in [0.05, 0.1) is 32.4 Å². The second kappa shape index (κ2) is 13.0. The van der Waals surface area contributed by atoms with E-state index in [9.17, 15) is 28.1 Å². The van der Waals surface area contributed by atoms with Gasteiger partial charge in [-0.15, -0.1) is 0 Å². The maximum absolute atomic E-state index is 14.1. The third-order valence-electron chi connectivity index (χ3n) is 7.77. The summed E-state index contributed by atoms with van der Waals surface area (Å²) >= 11 is 18.3. The first-order valence-corrected chi connectivity index (χ1v) is 15.5. The minimum Gasteiger partial charge on any atom is -0.457 e. The summed E-state index contributed by atoms with van der Waals surface area (Å²) in [4.78, 5) is 28.7. The Hall–Kier alpha value is -4.39. The van der Waals surface area contributed by atoms with Crippen LogP contribution in [0, 0.1) is 10.1 Å². The monoisotopic (exact) mass is 703 g/mol. The number of halogens is 6. The number of rotatable bonds is 7. The molecule has 9 nitrogen and oxygen atoms in total. The van der Waals surface area contributed by atoms with Gasteiger partial charge in [-0.05, 0) is 60.7 Å². The number of carbonyl (C=O) groups is 1. The predicted molar refractivity (Wildman–Crippen MR) is 172 cm³/mol. The van der Waals surface area contributed by atoms with Crippen LogP contribution < -0.4 is 10.1 Å². The highest BCUT2D eigenvalue weighted by atomic mass is 35.5. The van der Waals surface area contributed by atoms with Crippen molar-refractivity contribution in [1.29, 1.82) is 0 Å². The van der Waals surface area contributed by atoms with Gasteiger partial charge in [-0.3, -0.25) is 14.9 Å². The molecule has 0 atom stereocenters. The number of non-ortho nitro benzene ring substituents is 1. The van der Waals surface area contributed by atoms with Crippen LogP contribution in [-0.2, 0) is 6.18 Å². The molecule has 0 bridgehead atoms. The Morgan fingerprint density at radius 2 is 1.72 bits per heavy atom.